The van der Waals surface area contributed by atoms with Crippen LogP contribution in [0.5, 0.6) is 0 Å². The first kappa shape index (κ1) is 17.4. The third-order valence-corrected chi connectivity index (χ3v) is 0. The molecule has 0 rings (SSSR count). The summed E-state index contributed by atoms with van der Waals surface area (Å²) in [5.41, 5.74) is 0. The molecule has 11 heteroatoms. The molecule has 0 unspecified atom stereocenters. The number of hydrogen-bond donors (Lipinski definition) is 4. The van der Waals surface area contributed by atoms with Crippen LogP contribution in [0.1, 0.15) is 0 Å². The van der Waals surface area contributed by atoms with E-state index in [-0.39, 0.29) is 19.5 Å². The van der Waals surface area contributed by atoms with Gasteiger partial charge in [0.15, 0.2) is 0 Å². The molecule has 0 radical (unpaired) electrons. The second-order valence-electron chi connectivity index (χ2n) is 0.896. The van der Waals surface area contributed by atoms with E-state index in [1.807, 2.05) is 0 Å². The van der Waals surface area contributed by atoms with E-state index in [0.717, 1.165) is 0 Å². The van der Waals surface area contributed by atoms with Gasteiger partial charge >= 0.3 is 20.8 Å². The minimum atomic E-state index is -4.67. The molecule has 66 valence electrons. The molecular weight excluding hydrogens is 258 g/mol. The maximum atomic E-state index is 8.74. The topological polar surface area (TPSA) is 149 Å². The molecule has 0 amide bonds. The molecule has 0 aromatic rings. The molecule has 0 aliphatic rings. The monoisotopic (exact) mass is 260 g/mol. The first-order valence-corrected chi connectivity index (χ1v) is 4.19. The Bertz CT molecular complexity index is 208. The van der Waals surface area contributed by atoms with Crippen LogP contribution in [0.2, 0.25) is 0 Å². The van der Waals surface area contributed by atoms with E-state index < -0.39 is 20.8 Å². The maximum absolute atomic E-state index is 8.74. The summed E-state index contributed by atoms with van der Waals surface area (Å²) in [6.45, 7) is 0. The van der Waals surface area contributed by atoms with Gasteiger partial charge < -0.3 is 0 Å². The summed E-state index contributed by atoms with van der Waals surface area (Å²) in [4.78, 5) is 0. The Morgan fingerprint density at radius 3 is 0.636 bits per heavy atom. The summed E-state index contributed by atoms with van der Waals surface area (Å²) in [5, 5.41) is 0. The van der Waals surface area contributed by atoms with Gasteiger partial charge in [0.2, 0.25) is 0 Å². The van der Waals surface area contributed by atoms with E-state index in [9.17, 15) is 0 Å². The van der Waals surface area contributed by atoms with Crippen LogP contribution in [0.4, 0.5) is 0 Å². The summed E-state index contributed by atoms with van der Waals surface area (Å²) in [6, 6.07) is 0. The zero-order chi connectivity index (χ0) is 9.00. The molecule has 8 nitrogen and oxygen atoms in total. The Kier molecular flexibility index (Phi) is 9.43. The van der Waals surface area contributed by atoms with E-state index >= 15 is 0 Å². The van der Waals surface area contributed by atoms with Crippen molar-refractivity contribution < 1.29 is 54.5 Å². The Morgan fingerprint density at radius 1 is 0.636 bits per heavy atom. The predicted molar refractivity (Wildman–Crippen MR) is 28.4 cm³/mol. The Labute approximate surface area is 75.5 Å². The fourth-order valence-corrected chi connectivity index (χ4v) is 0. The summed E-state index contributed by atoms with van der Waals surface area (Å²) in [6.07, 6.45) is 0. The van der Waals surface area contributed by atoms with E-state index in [1.165, 1.54) is 0 Å². The van der Waals surface area contributed by atoms with Gasteiger partial charge in [0.25, 0.3) is 0 Å². The van der Waals surface area contributed by atoms with Crippen molar-refractivity contribution in [2.75, 3.05) is 0 Å². The van der Waals surface area contributed by atoms with E-state index in [1.54, 1.807) is 0 Å². The normalized spacial score (nSPS) is 10.5. The molecular formula is H4O8S2Zn. The van der Waals surface area contributed by atoms with Crippen LogP contribution in [0.25, 0.3) is 0 Å². The zero-order valence-electron chi connectivity index (χ0n) is 4.95. The Balaban J connectivity index is -0.000000107. The summed E-state index contributed by atoms with van der Waals surface area (Å²) in [5.74, 6) is 0. The second kappa shape index (κ2) is 5.94. The molecule has 0 aromatic carbocycles. The molecule has 0 spiro atoms. The third-order valence-electron chi connectivity index (χ3n) is 0. The average molecular weight is 262 g/mol. The molecule has 0 saturated heterocycles. The van der Waals surface area contributed by atoms with Gasteiger partial charge in [-0.15, -0.1) is 0 Å². The van der Waals surface area contributed by atoms with Gasteiger partial charge in [-0.05, 0) is 0 Å². The van der Waals surface area contributed by atoms with Crippen LogP contribution < -0.4 is 0 Å². The smallest absolute Gasteiger partial charge is 0.264 e. The first-order valence-electron chi connectivity index (χ1n) is 1.40. The van der Waals surface area contributed by atoms with Gasteiger partial charge in [-0.25, -0.2) is 0 Å². The molecule has 0 saturated carbocycles. The van der Waals surface area contributed by atoms with Crippen molar-refractivity contribution >= 4 is 20.8 Å². The molecule has 0 aliphatic heterocycles. The SMILES string of the molecule is O=S(=O)(O)O.O=S(=O)(O)O.[Zn]. The van der Waals surface area contributed by atoms with Crippen molar-refractivity contribution in [3.8, 4) is 0 Å². The molecule has 0 aliphatic carbocycles. The van der Waals surface area contributed by atoms with Gasteiger partial charge in [0, 0.05) is 19.5 Å². The standard InChI is InChI=1S/2H2O4S.Zn/c2*1-5(2,3)4;/h2*(H2,1,2,3,4);. The number of hydrogen-bond acceptors (Lipinski definition) is 4. The van der Waals surface area contributed by atoms with Crippen molar-refractivity contribution in [2.24, 2.45) is 0 Å². The van der Waals surface area contributed by atoms with Gasteiger partial charge in [0.05, 0.1) is 0 Å². The molecule has 0 bridgehead atoms. The quantitative estimate of drug-likeness (QED) is 0.310. The third kappa shape index (κ3) is 5490. The van der Waals surface area contributed by atoms with E-state index in [0.29, 0.717) is 0 Å². The van der Waals surface area contributed by atoms with Crippen molar-refractivity contribution in [3.63, 3.8) is 0 Å². The maximum Gasteiger partial charge on any atom is 0.394 e. The minimum Gasteiger partial charge on any atom is -0.264 e. The van der Waals surface area contributed by atoms with Crippen LogP contribution in [0, 0.1) is 0 Å². The first-order chi connectivity index (χ1) is 4.00. The van der Waals surface area contributed by atoms with Crippen LogP contribution in [-0.4, -0.2) is 35.0 Å². The molecule has 0 heterocycles. The average Bonchev–Trinajstić information content (AvgIpc) is 1.12. The molecule has 4 N–H and O–H groups in total. The molecule has 0 aromatic heterocycles. The zero-order valence-corrected chi connectivity index (χ0v) is 9.55. The van der Waals surface area contributed by atoms with Gasteiger partial charge in [-0.2, -0.15) is 16.8 Å². The number of rotatable bonds is 0. The van der Waals surface area contributed by atoms with Crippen molar-refractivity contribution in [1.29, 1.82) is 0 Å². The van der Waals surface area contributed by atoms with Crippen molar-refractivity contribution in [1.82, 2.24) is 0 Å². The van der Waals surface area contributed by atoms with Crippen molar-refractivity contribution in [2.45, 2.75) is 0 Å². The van der Waals surface area contributed by atoms with Crippen molar-refractivity contribution in [3.05, 3.63) is 0 Å². The summed E-state index contributed by atoms with van der Waals surface area (Å²) in [7, 11) is -9.33. The van der Waals surface area contributed by atoms with Crippen LogP contribution >= 0.6 is 0 Å². The molecule has 0 atom stereocenters. The molecule has 0 fully saturated rings. The van der Waals surface area contributed by atoms with Crippen LogP contribution in [0.15, 0.2) is 0 Å². The van der Waals surface area contributed by atoms with E-state index in [4.69, 9.17) is 35.0 Å². The van der Waals surface area contributed by atoms with Gasteiger partial charge in [-0.1, -0.05) is 0 Å². The fourth-order valence-electron chi connectivity index (χ4n) is 0. The molecule has 11 heavy (non-hydrogen) atoms. The summed E-state index contributed by atoms with van der Waals surface area (Å²) >= 11 is 0. The largest absolute Gasteiger partial charge is 0.394 e. The fraction of sp³-hybridized carbons (Fsp3) is 0. The van der Waals surface area contributed by atoms with Gasteiger partial charge in [0.1, 0.15) is 0 Å². The van der Waals surface area contributed by atoms with Crippen LogP contribution in [0.3, 0.4) is 0 Å². The minimum absolute atomic E-state index is 0. The Morgan fingerprint density at radius 2 is 0.636 bits per heavy atom. The second-order valence-corrected chi connectivity index (χ2v) is 2.69. The van der Waals surface area contributed by atoms with E-state index in [2.05, 4.69) is 0 Å². The van der Waals surface area contributed by atoms with Gasteiger partial charge in [-0.3, -0.25) is 18.2 Å². The predicted octanol–water partition coefficient (Wildman–Crippen LogP) is -1.31. The summed E-state index contributed by atoms with van der Waals surface area (Å²) < 4.78 is 63.2. The Hall–Kier alpha value is 0.363. The van der Waals surface area contributed by atoms with Crippen LogP contribution in [-0.2, 0) is 40.3 Å².